The summed E-state index contributed by atoms with van der Waals surface area (Å²) < 4.78 is 51.8. The lowest BCUT2D eigenvalue weighted by molar-refractivity contribution is -0.137. The molecule has 0 radical (unpaired) electrons. The standard InChI is InChI=1S/C34H40F3N3O4/c1-21(40-30(41)27-15-26(18-38-19-27)24-13-14-43-33(5,6)17-24)22-7-9-23(10-8-22)29-16-28(34(35,36)37)12-11-25(29)20-39-31(42)44-32(2,3)4/h7-12,15-16,18-19,21,24H,13-14,17,20H2,1-6H3,(H,39,42)(H,40,41)/t21-,24?/m1/s1. The number of rotatable bonds is 7. The molecule has 1 aliphatic heterocycles. The SMILES string of the molecule is C[C@@H](NC(=O)c1cncc(C2CCOC(C)(C)C2)c1)c1ccc(-c2cc(C(F)(F)F)ccc2CNC(=O)OC(C)(C)C)cc1. The molecule has 3 aromatic rings. The summed E-state index contributed by atoms with van der Waals surface area (Å²) in [4.78, 5) is 29.6. The number of halogens is 3. The average Bonchev–Trinajstić information content (AvgIpc) is 2.94. The van der Waals surface area contributed by atoms with E-state index in [0.29, 0.717) is 28.9 Å². The van der Waals surface area contributed by atoms with Crippen LogP contribution >= 0.6 is 0 Å². The van der Waals surface area contributed by atoms with Crippen LogP contribution in [0.4, 0.5) is 18.0 Å². The molecule has 4 rings (SSSR count). The van der Waals surface area contributed by atoms with Gasteiger partial charge in [-0.3, -0.25) is 9.78 Å². The summed E-state index contributed by atoms with van der Waals surface area (Å²) in [7, 11) is 0. The first-order valence-corrected chi connectivity index (χ1v) is 14.7. The minimum Gasteiger partial charge on any atom is -0.444 e. The summed E-state index contributed by atoms with van der Waals surface area (Å²) in [6.45, 7) is 11.8. The van der Waals surface area contributed by atoms with Gasteiger partial charge in [0.2, 0.25) is 0 Å². The summed E-state index contributed by atoms with van der Waals surface area (Å²) in [5.74, 6) is -0.0142. The quantitative estimate of drug-likeness (QED) is 0.283. The highest BCUT2D eigenvalue weighted by atomic mass is 19.4. The van der Waals surface area contributed by atoms with Gasteiger partial charge in [0.15, 0.2) is 0 Å². The fourth-order valence-corrected chi connectivity index (χ4v) is 5.29. The highest BCUT2D eigenvalue weighted by Gasteiger charge is 2.32. The number of hydrogen-bond donors (Lipinski definition) is 2. The summed E-state index contributed by atoms with van der Waals surface area (Å²) in [5, 5.41) is 5.61. The molecule has 1 unspecified atom stereocenters. The van der Waals surface area contributed by atoms with Crippen molar-refractivity contribution < 1.29 is 32.2 Å². The number of alkyl halides is 3. The van der Waals surface area contributed by atoms with Gasteiger partial charge in [-0.05, 0) is 106 Å². The molecule has 0 aliphatic carbocycles. The second-order valence-electron chi connectivity index (χ2n) is 12.8. The van der Waals surface area contributed by atoms with Crippen molar-refractivity contribution in [3.05, 3.63) is 88.7 Å². The molecule has 1 aromatic heterocycles. The largest absolute Gasteiger partial charge is 0.444 e. The molecular formula is C34H40F3N3O4. The second-order valence-corrected chi connectivity index (χ2v) is 12.8. The Hall–Kier alpha value is -3.92. The van der Waals surface area contributed by atoms with E-state index in [9.17, 15) is 22.8 Å². The Morgan fingerprint density at radius 1 is 1.07 bits per heavy atom. The molecule has 1 saturated heterocycles. The molecule has 2 amide bonds. The zero-order valence-electron chi connectivity index (χ0n) is 26.0. The monoisotopic (exact) mass is 611 g/mol. The van der Waals surface area contributed by atoms with E-state index < -0.39 is 23.4 Å². The van der Waals surface area contributed by atoms with Crippen LogP contribution in [0.25, 0.3) is 11.1 Å². The van der Waals surface area contributed by atoms with Crippen LogP contribution in [-0.2, 0) is 22.2 Å². The van der Waals surface area contributed by atoms with Crippen LogP contribution < -0.4 is 10.6 Å². The number of carbonyl (C=O) groups excluding carboxylic acids is 2. The molecule has 0 bridgehead atoms. The number of carbonyl (C=O) groups is 2. The lowest BCUT2D eigenvalue weighted by Crippen LogP contribution is -2.33. The summed E-state index contributed by atoms with van der Waals surface area (Å²) in [5.41, 5.74) is 1.87. The number of ether oxygens (including phenoxy) is 2. The topological polar surface area (TPSA) is 89.5 Å². The smallest absolute Gasteiger partial charge is 0.416 e. The predicted molar refractivity (Wildman–Crippen MR) is 162 cm³/mol. The van der Waals surface area contributed by atoms with Gasteiger partial charge in [-0.1, -0.05) is 30.3 Å². The molecule has 0 saturated carbocycles. The van der Waals surface area contributed by atoms with E-state index in [1.807, 2.05) is 13.0 Å². The summed E-state index contributed by atoms with van der Waals surface area (Å²) in [6.07, 6.45) is -0.148. The Kier molecular flexibility index (Phi) is 9.73. The molecule has 0 spiro atoms. The number of pyridine rings is 1. The van der Waals surface area contributed by atoms with Crippen LogP contribution in [0.15, 0.2) is 60.9 Å². The van der Waals surface area contributed by atoms with E-state index >= 15 is 0 Å². The zero-order valence-corrected chi connectivity index (χ0v) is 26.0. The van der Waals surface area contributed by atoms with Gasteiger partial charge in [0, 0.05) is 25.5 Å². The first kappa shape index (κ1) is 33.0. The fourth-order valence-electron chi connectivity index (χ4n) is 5.29. The normalized spacial score (nSPS) is 17.4. The van der Waals surface area contributed by atoms with Crippen molar-refractivity contribution >= 4 is 12.0 Å². The van der Waals surface area contributed by atoms with E-state index in [1.165, 1.54) is 6.07 Å². The molecule has 2 heterocycles. The Morgan fingerprint density at radius 3 is 2.41 bits per heavy atom. The third-order valence-electron chi connectivity index (χ3n) is 7.52. The predicted octanol–water partition coefficient (Wildman–Crippen LogP) is 7.96. The van der Waals surface area contributed by atoms with Crippen LogP contribution in [0.3, 0.4) is 0 Å². The van der Waals surface area contributed by atoms with Crippen molar-refractivity contribution in [1.29, 1.82) is 0 Å². The van der Waals surface area contributed by atoms with Crippen LogP contribution in [0.5, 0.6) is 0 Å². The molecule has 2 N–H and O–H groups in total. The van der Waals surface area contributed by atoms with Crippen LogP contribution in [-0.4, -0.2) is 34.8 Å². The number of aromatic nitrogens is 1. The van der Waals surface area contributed by atoms with Crippen molar-refractivity contribution in [1.82, 2.24) is 15.6 Å². The van der Waals surface area contributed by atoms with E-state index in [1.54, 1.807) is 57.4 Å². The molecule has 1 fully saturated rings. The van der Waals surface area contributed by atoms with E-state index in [4.69, 9.17) is 9.47 Å². The number of alkyl carbamates (subject to hydrolysis) is 1. The van der Waals surface area contributed by atoms with Crippen molar-refractivity contribution in [3.8, 4) is 11.1 Å². The van der Waals surface area contributed by atoms with Crippen molar-refractivity contribution in [2.24, 2.45) is 0 Å². The van der Waals surface area contributed by atoms with E-state index in [-0.39, 0.29) is 30.0 Å². The average molecular weight is 612 g/mol. The maximum absolute atomic E-state index is 13.6. The maximum atomic E-state index is 13.6. The first-order chi connectivity index (χ1) is 20.5. The van der Waals surface area contributed by atoms with E-state index in [2.05, 4.69) is 29.5 Å². The lowest BCUT2D eigenvalue weighted by atomic mass is 9.84. The zero-order chi connectivity index (χ0) is 32.3. The first-order valence-electron chi connectivity index (χ1n) is 14.7. The van der Waals surface area contributed by atoms with Crippen molar-refractivity contribution in [3.63, 3.8) is 0 Å². The second kappa shape index (κ2) is 13.0. The molecule has 10 heteroatoms. The summed E-state index contributed by atoms with van der Waals surface area (Å²) >= 11 is 0. The van der Waals surface area contributed by atoms with Gasteiger partial charge in [-0.2, -0.15) is 13.2 Å². The molecule has 1 aliphatic rings. The van der Waals surface area contributed by atoms with Crippen LogP contribution in [0.2, 0.25) is 0 Å². The van der Waals surface area contributed by atoms with Crippen LogP contribution in [0, 0.1) is 0 Å². The van der Waals surface area contributed by atoms with Gasteiger partial charge in [0.25, 0.3) is 5.91 Å². The van der Waals surface area contributed by atoms with Gasteiger partial charge in [-0.15, -0.1) is 0 Å². The highest BCUT2D eigenvalue weighted by molar-refractivity contribution is 5.94. The molecule has 2 aromatic carbocycles. The molecule has 44 heavy (non-hydrogen) atoms. The van der Waals surface area contributed by atoms with Gasteiger partial charge in [-0.25, -0.2) is 4.79 Å². The van der Waals surface area contributed by atoms with Gasteiger partial charge >= 0.3 is 12.3 Å². The number of nitrogens with zero attached hydrogens (tertiary/aromatic N) is 1. The lowest BCUT2D eigenvalue weighted by Gasteiger charge is -2.35. The summed E-state index contributed by atoms with van der Waals surface area (Å²) in [6, 6.07) is 11.9. The van der Waals surface area contributed by atoms with Crippen molar-refractivity contribution in [2.75, 3.05) is 6.61 Å². The molecule has 7 nitrogen and oxygen atoms in total. The number of nitrogens with one attached hydrogen (secondary N) is 2. The Bertz CT molecular complexity index is 1480. The molecular weight excluding hydrogens is 571 g/mol. The number of amides is 2. The fraction of sp³-hybridized carbons (Fsp3) is 0.441. The Morgan fingerprint density at radius 2 is 1.77 bits per heavy atom. The number of hydrogen-bond acceptors (Lipinski definition) is 5. The van der Waals surface area contributed by atoms with Crippen molar-refractivity contribution in [2.45, 2.75) is 90.3 Å². The molecule has 2 atom stereocenters. The highest BCUT2D eigenvalue weighted by Crippen LogP contribution is 2.36. The molecule has 236 valence electrons. The van der Waals surface area contributed by atoms with E-state index in [0.717, 1.165) is 36.1 Å². The minimum absolute atomic E-state index is 0.0188. The Labute approximate surface area is 256 Å². The number of benzene rings is 2. The van der Waals surface area contributed by atoms with Gasteiger partial charge in [0.1, 0.15) is 5.60 Å². The third-order valence-corrected chi connectivity index (χ3v) is 7.52. The van der Waals surface area contributed by atoms with Gasteiger partial charge < -0.3 is 20.1 Å². The minimum atomic E-state index is -4.53. The third kappa shape index (κ3) is 8.81. The van der Waals surface area contributed by atoms with Gasteiger partial charge in [0.05, 0.1) is 22.8 Å². The maximum Gasteiger partial charge on any atom is 0.416 e. The van der Waals surface area contributed by atoms with Crippen LogP contribution in [0.1, 0.15) is 99.0 Å². The Balaban J connectivity index is 1.49.